The minimum atomic E-state index is -3.85. The summed E-state index contributed by atoms with van der Waals surface area (Å²) in [6, 6.07) is 9.51. The molecule has 0 unspecified atom stereocenters. The fourth-order valence-corrected chi connectivity index (χ4v) is 3.81. The van der Waals surface area contributed by atoms with E-state index in [0.717, 1.165) is 6.07 Å². The van der Waals surface area contributed by atoms with E-state index in [1.54, 1.807) is 11.6 Å². The molecule has 1 amide bonds. The Balaban J connectivity index is 1.74. The number of aromatic nitrogens is 1. The quantitative estimate of drug-likeness (QED) is 0.695. The molecule has 3 rings (SSSR count). The third kappa shape index (κ3) is 4.06. The second-order valence-electron chi connectivity index (χ2n) is 5.39. The molecule has 9 heteroatoms. The number of hydrogen-bond donors (Lipinski definition) is 2. The van der Waals surface area contributed by atoms with Gasteiger partial charge in [0, 0.05) is 22.8 Å². The number of thiazole rings is 1. The first-order chi connectivity index (χ1) is 12.3. The van der Waals surface area contributed by atoms with Gasteiger partial charge in [-0.05, 0) is 55.0 Å². The van der Waals surface area contributed by atoms with Gasteiger partial charge < -0.3 is 0 Å². The molecule has 0 radical (unpaired) electrons. The minimum Gasteiger partial charge on any atom is -0.298 e. The number of benzene rings is 2. The van der Waals surface area contributed by atoms with Gasteiger partial charge in [0.1, 0.15) is 5.82 Å². The van der Waals surface area contributed by atoms with Gasteiger partial charge >= 0.3 is 0 Å². The van der Waals surface area contributed by atoms with E-state index in [0.29, 0.717) is 10.7 Å². The highest BCUT2D eigenvalue weighted by Crippen LogP contribution is 2.19. The number of sulfonamides is 1. The van der Waals surface area contributed by atoms with Crippen molar-refractivity contribution in [3.05, 3.63) is 71.0 Å². The van der Waals surface area contributed by atoms with Crippen LogP contribution in [0.2, 0.25) is 0 Å². The lowest BCUT2D eigenvalue weighted by molar-refractivity contribution is 0.102. The number of hydrogen-bond acceptors (Lipinski definition) is 5. The lowest BCUT2D eigenvalue weighted by Gasteiger charge is -2.09. The molecular formula is C17H14FN3O3S2. The number of nitrogens with zero attached hydrogens (tertiary/aromatic N) is 1. The van der Waals surface area contributed by atoms with Crippen molar-refractivity contribution < 1.29 is 17.6 Å². The number of amides is 1. The van der Waals surface area contributed by atoms with Gasteiger partial charge in [-0.1, -0.05) is 0 Å². The molecule has 0 saturated carbocycles. The average Bonchev–Trinajstić information content (AvgIpc) is 3.10. The number of aryl methyl sites for hydroxylation is 1. The summed E-state index contributed by atoms with van der Waals surface area (Å²) in [5.74, 6) is -0.817. The van der Waals surface area contributed by atoms with Gasteiger partial charge in [0.25, 0.3) is 15.9 Å². The Kier molecular flexibility index (Phi) is 5.01. The molecule has 0 aliphatic carbocycles. The van der Waals surface area contributed by atoms with Gasteiger partial charge in [-0.25, -0.2) is 17.8 Å². The summed E-state index contributed by atoms with van der Waals surface area (Å²) >= 11 is 1.30. The first-order valence-electron chi connectivity index (χ1n) is 7.45. The van der Waals surface area contributed by atoms with E-state index >= 15 is 0 Å². The van der Waals surface area contributed by atoms with E-state index in [9.17, 15) is 17.6 Å². The molecule has 0 aliphatic rings. The maximum absolute atomic E-state index is 13.3. The molecule has 3 aromatic rings. The number of carbonyl (C=O) groups is 1. The van der Waals surface area contributed by atoms with Crippen molar-refractivity contribution in [1.29, 1.82) is 0 Å². The highest BCUT2D eigenvalue weighted by atomic mass is 32.2. The van der Waals surface area contributed by atoms with Crippen LogP contribution in [0.4, 0.5) is 15.2 Å². The van der Waals surface area contributed by atoms with Crippen LogP contribution in [-0.2, 0) is 10.0 Å². The molecule has 134 valence electrons. The van der Waals surface area contributed by atoms with Crippen LogP contribution >= 0.6 is 11.3 Å². The van der Waals surface area contributed by atoms with E-state index in [1.807, 2.05) is 0 Å². The van der Waals surface area contributed by atoms with Gasteiger partial charge in [0.05, 0.1) is 4.90 Å². The fraction of sp³-hybridized carbons (Fsp3) is 0.0588. The first-order valence-corrected chi connectivity index (χ1v) is 9.81. The summed E-state index contributed by atoms with van der Waals surface area (Å²) in [5.41, 5.74) is 0.889. The molecular weight excluding hydrogens is 377 g/mol. The monoisotopic (exact) mass is 391 g/mol. The third-order valence-corrected chi connectivity index (χ3v) is 5.56. The van der Waals surface area contributed by atoms with Crippen LogP contribution in [0.25, 0.3) is 0 Å². The smallest absolute Gasteiger partial charge is 0.261 e. The highest BCUT2D eigenvalue weighted by molar-refractivity contribution is 7.92. The van der Waals surface area contributed by atoms with E-state index in [1.165, 1.54) is 54.7 Å². The SMILES string of the molecule is Cc1cc(S(=O)(=O)Nc2ccc(C(=O)Nc3nccs3)cc2)ccc1F. The zero-order valence-corrected chi connectivity index (χ0v) is 15.2. The van der Waals surface area contributed by atoms with E-state index in [-0.39, 0.29) is 22.1 Å². The van der Waals surface area contributed by atoms with E-state index < -0.39 is 15.8 Å². The Bertz CT molecular complexity index is 1030. The van der Waals surface area contributed by atoms with Crippen molar-refractivity contribution in [1.82, 2.24) is 4.98 Å². The summed E-state index contributed by atoms with van der Waals surface area (Å²) in [7, 11) is -3.85. The first kappa shape index (κ1) is 18.0. The number of carbonyl (C=O) groups excluding carboxylic acids is 1. The lowest BCUT2D eigenvalue weighted by atomic mass is 10.2. The molecule has 0 fully saturated rings. The number of nitrogens with one attached hydrogen (secondary N) is 2. The average molecular weight is 391 g/mol. The Morgan fingerprint density at radius 3 is 2.50 bits per heavy atom. The van der Waals surface area contributed by atoms with Gasteiger partial charge in [-0.3, -0.25) is 14.8 Å². The molecule has 26 heavy (non-hydrogen) atoms. The Morgan fingerprint density at radius 2 is 1.88 bits per heavy atom. The summed E-state index contributed by atoms with van der Waals surface area (Å²) in [5, 5.41) is 4.86. The maximum atomic E-state index is 13.3. The maximum Gasteiger partial charge on any atom is 0.261 e. The Morgan fingerprint density at radius 1 is 1.15 bits per heavy atom. The molecule has 2 aromatic carbocycles. The summed E-state index contributed by atoms with van der Waals surface area (Å²) in [6.45, 7) is 1.49. The number of rotatable bonds is 5. The molecule has 6 nitrogen and oxygen atoms in total. The second kappa shape index (κ2) is 7.22. The van der Waals surface area contributed by atoms with Crippen LogP contribution in [0.1, 0.15) is 15.9 Å². The molecule has 0 aliphatic heterocycles. The van der Waals surface area contributed by atoms with Gasteiger partial charge in [-0.15, -0.1) is 11.3 Å². The van der Waals surface area contributed by atoms with Gasteiger partial charge in [0.15, 0.2) is 5.13 Å². The topological polar surface area (TPSA) is 88.2 Å². The van der Waals surface area contributed by atoms with Crippen molar-refractivity contribution in [3.8, 4) is 0 Å². The van der Waals surface area contributed by atoms with Crippen molar-refractivity contribution in [2.75, 3.05) is 10.0 Å². The second-order valence-corrected chi connectivity index (χ2v) is 7.96. The van der Waals surface area contributed by atoms with Crippen LogP contribution in [0.5, 0.6) is 0 Å². The van der Waals surface area contributed by atoms with Crippen LogP contribution < -0.4 is 10.0 Å². The summed E-state index contributed by atoms with van der Waals surface area (Å²) in [6.07, 6.45) is 1.58. The lowest BCUT2D eigenvalue weighted by Crippen LogP contribution is -2.14. The predicted octanol–water partition coefficient (Wildman–Crippen LogP) is 3.64. The Labute approximate surface area is 153 Å². The van der Waals surface area contributed by atoms with Gasteiger partial charge in [-0.2, -0.15) is 0 Å². The van der Waals surface area contributed by atoms with E-state index in [4.69, 9.17) is 0 Å². The predicted molar refractivity (Wildman–Crippen MR) is 98.5 cm³/mol. The molecule has 1 aromatic heterocycles. The molecule has 0 saturated heterocycles. The largest absolute Gasteiger partial charge is 0.298 e. The standard InChI is InChI=1S/C17H14FN3O3S2/c1-11-10-14(6-7-15(11)18)26(23,24)21-13-4-2-12(3-5-13)16(22)20-17-19-8-9-25-17/h2-10,21H,1H3,(H,19,20,22). The third-order valence-electron chi connectivity index (χ3n) is 3.49. The van der Waals surface area contributed by atoms with Crippen LogP contribution in [0.15, 0.2) is 58.9 Å². The van der Waals surface area contributed by atoms with Crippen LogP contribution in [-0.4, -0.2) is 19.3 Å². The molecule has 0 atom stereocenters. The minimum absolute atomic E-state index is 0.0398. The summed E-state index contributed by atoms with van der Waals surface area (Å²) < 4.78 is 40.5. The van der Waals surface area contributed by atoms with Crippen molar-refractivity contribution >= 4 is 38.1 Å². The normalized spacial score (nSPS) is 11.2. The molecule has 1 heterocycles. The van der Waals surface area contributed by atoms with Crippen molar-refractivity contribution in [2.45, 2.75) is 11.8 Å². The van der Waals surface area contributed by atoms with Gasteiger partial charge in [0.2, 0.25) is 0 Å². The van der Waals surface area contributed by atoms with Crippen LogP contribution in [0, 0.1) is 12.7 Å². The molecule has 0 spiro atoms. The Hall–Kier alpha value is -2.78. The zero-order chi connectivity index (χ0) is 18.7. The molecule has 0 bridgehead atoms. The fourth-order valence-electron chi connectivity index (χ4n) is 2.14. The van der Waals surface area contributed by atoms with E-state index in [2.05, 4.69) is 15.0 Å². The number of anilines is 2. The van der Waals surface area contributed by atoms with Crippen molar-refractivity contribution in [3.63, 3.8) is 0 Å². The summed E-state index contributed by atoms with van der Waals surface area (Å²) in [4.78, 5) is 16.0. The zero-order valence-electron chi connectivity index (χ0n) is 13.6. The van der Waals surface area contributed by atoms with Crippen LogP contribution in [0.3, 0.4) is 0 Å². The van der Waals surface area contributed by atoms with Crippen molar-refractivity contribution in [2.24, 2.45) is 0 Å². The molecule has 2 N–H and O–H groups in total. The number of halogens is 1. The highest BCUT2D eigenvalue weighted by Gasteiger charge is 2.16.